The number of carboxylic acids is 1. The molecule has 0 amide bonds. The van der Waals surface area contributed by atoms with E-state index < -0.39 is 5.97 Å². The van der Waals surface area contributed by atoms with Crippen molar-refractivity contribution in [3.05, 3.63) is 34.7 Å². The zero-order valence-electron chi connectivity index (χ0n) is 8.64. The maximum Gasteiger partial charge on any atom is 0.341 e. The zero-order chi connectivity index (χ0) is 11.4. The van der Waals surface area contributed by atoms with Gasteiger partial charge in [0.1, 0.15) is 0 Å². The summed E-state index contributed by atoms with van der Waals surface area (Å²) in [5.74, 6) is -1.02. The molecule has 0 atom stereocenters. The van der Waals surface area contributed by atoms with Gasteiger partial charge in [0.2, 0.25) is 0 Å². The highest BCUT2D eigenvalue weighted by Crippen LogP contribution is 2.15. The maximum atomic E-state index is 10.5. The molecule has 0 aromatic heterocycles. The monoisotopic (exact) mass is 223 g/mol. The Hall–Kier alpha value is -1.42. The van der Waals surface area contributed by atoms with Gasteiger partial charge in [0.05, 0.1) is 4.91 Å². The van der Waals surface area contributed by atoms with E-state index in [1.54, 1.807) is 0 Å². The summed E-state index contributed by atoms with van der Waals surface area (Å²) in [6.07, 6.45) is 1.52. The first-order valence-electron chi connectivity index (χ1n) is 4.42. The molecular weight excluding hydrogens is 210 g/mol. The number of hydrogen-bond acceptors (Lipinski definition) is 3. The Morgan fingerprint density at radius 2 is 1.87 bits per heavy atom. The molecule has 4 heteroatoms. The number of carboxylic acid groups (broad SMARTS) is 1. The van der Waals surface area contributed by atoms with E-state index in [2.05, 4.69) is 12.6 Å². The van der Waals surface area contributed by atoms with Crippen molar-refractivity contribution in [2.45, 2.75) is 0 Å². The average molecular weight is 223 g/mol. The molecule has 1 aromatic rings. The maximum absolute atomic E-state index is 10.5. The lowest BCUT2D eigenvalue weighted by molar-refractivity contribution is -0.131. The molecule has 0 saturated carbocycles. The van der Waals surface area contributed by atoms with Gasteiger partial charge < -0.3 is 10.0 Å². The lowest BCUT2D eigenvalue weighted by atomic mass is 10.2. The highest BCUT2D eigenvalue weighted by atomic mass is 32.1. The Kier molecular flexibility index (Phi) is 3.80. The van der Waals surface area contributed by atoms with Crippen LogP contribution in [0.2, 0.25) is 0 Å². The fraction of sp³-hybridized carbons (Fsp3) is 0.182. The van der Waals surface area contributed by atoms with Crippen molar-refractivity contribution in [1.82, 2.24) is 0 Å². The fourth-order valence-electron chi connectivity index (χ4n) is 1.09. The Morgan fingerprint density at radius 1 is 1.33 bits per heavy atom. The topological polar surface area (TPSA) is 40.5 Å². The first-order chi connectivity index (χ1) is 7.00. The molecule has 0 unspecified atom stereocenters. The predicted molar refractivity (Wildman–Crippen MR) is 65.4 cm³/mol. The molecule has 80 valence electrons. The standard InChI is InChI=1S/C11H13NO2S/c1-12(2)9-5-3-8(4-6-9)7-10(15)11(13)14/h3-7,15H,1-2H3,(H,13,14)/b10-7+. The molecule has 0 fully saturated rings. The van der Waals surface area contributed by atoms with E-state index in [4.69, 9.17) is 5.11 Å². The van der Waals surface area contributed by atoms with Crippen LogP contribution in [0.3, 0.4) is 0 Å². The zero-order valence-corrected chi connectivity index (χ0v) is 9.53. The van der Waals surface area contributed by atoms with Crippen molar-refractivity contribution in [2.24, 2.45) is 0 Å². The van der Waals surface area contributed by atoms with Crippen LogP contribution in [-0.2, 0) is 4.79 Å². The van der Waals surface area contributed by atoms with Gasteiger partial charge in [0.15, 0.2) is 0 Å². The molecule has 0 heterocycles. The second-order valence-electron chi connectivity index (χ2n) is 3.32. The third-order valence-corrected chi connectivity index (χ3v) is 2.25. The van der Waals surface area contributed by atoms with Crippen molar-refractivity contribution in [3.8, 4) is 0 Å². The van der Waals surface area contributed by atoms with Crippen LogP contribution in [0.5, 0.6) is 0 Å². The molecule has 0 radical (unpaired) electrons. The van der Waals surface area contributed by atoms with Crippen LogP contribution in [0.25, 0.3) is 6.08 Å². The van der Waals surface area contributed by atoms with Crippen molar-refractivity contribution >= 4 is 30.4 Å². The molecular formula is C11H13NO2S. The molecule has 0 bridgehead atoms. The summed E-state index contributed by atoms with van der Waals surface area (Å²) < 4.78 is 0. The number of rotatable bonds is 3. The highest BCUT2D eigenvalue weighted by Gasteiger charge is 2.01. The minimum absolute atomic E-state index is 0.0348. The first-order valence-corrected chi connectivity index (χ1v) is 4.87. The van der Waals surface area contributed by atoms with Crippen LogP contribution >= 0.6 is 12.6 Å². The van der Waals surface area contributed by atoms with E-state index >= 15 is 0 Å². The summed E-state index contributed by atoms with van der Waals surface area (Å²) in [6.45, 7) is 0. The number of aliphatic carboxylic acids is 1. The summed E-state index contributed by atoms with van der Waals surface area (Å²) in [7, 11) is 3.90. The molecule has 0 aliphatic heterocycles. The summed E-state index contributed by atoms with van der Waals surface area (Å²) in [5.41, 5.74) is 1.90. The van der Waals surface area contributed by atoms with Crippen LogP contribution in [0.4, 0.5) is 5.69 Å². The van der Waals surface area contributed by atoms with Gasteiger partial charge in [0, 0.05) is 19.8 Å². The Labute approximate surface area is 94.4 Å². The van der Waals surface area contributed by atoms with Crippen LogP contribution < -0.4 is 4.90 Å². The van der Waals surface area contributed by atoms with Gasteiger partial charge in [0.25, 0.3) is 0 Å². The molecule has 0 aliphatic carbocycles. The van der Waals surface area contributed by atoms with Gasteiger partial charge >= 0.3 is 5.97 Å². The molecule has 1 N–H and O–H groups in total. The Balaban J connectivity index is 2.90. The van der Waals surface area contributed by atoms with E-state index in [9.17, 15) is 4.79 Å². The van der Waals surface area contributed by atoms with Gasteiger partial charge in [-0.25, -0.2) is 4.79 Å². The smallest absolute Gasteiger partial charge is 0.341 e. The first kappa shape index (κ1) is 11.7. The summed E-state index contributed by atoms with van der Waals surface area (Å²) >= 11 is 3.85. The van der Waals surface area contributed by atoms with Crippen LogP contribution in [0.1, 0.15) is 5.56 Å². The molecule has 0 saturated heterocycles. The van der Waals surface area contributed by atoms with E-state index in [0.717, 1.165) is 11.3 Å². The van der Waals surface area contributed by atoms with Gasteiger partial charge in [-0.05, 0) is 23.8 Å². The fourth-order valence-corrected chi connectivity index (χ4v) is 1.24. The molecule has 1 aromatic carbocycles. The van der Waals surface area contributed by atoms with Gasteiger partial charge in [-0.15, -0.1) is 12.6 Å². The second-order valence-corrected chi connectivity index (χ2v) is 3.80. The lowest BCUT2D eigenvalue weighted by Gasteiger charge is -2.11. The van der Waals surface area contributed by atoms with E-state index in [-0.39, 0.29) is 4.91 Å². The summed E-state index contributed by atoms with van der Waals surface area (Å²) in [4.78, 5) is 12.5. The Bertz CT molecular complexity index is 382. The van der Waals surface area contributed by atoms with E-state index in [0.29, 0.717) is 0 Å². The third kappa shape index (κ3) is 3.32. The Morgan fingerprint density at radius 3 is 2.27 bits per heavy atom. The SMILES string of the molecule is CN(C)c1ccc(/C=C(/S)C(=O)O)cc1. The molecule has 0 aliphatic rings. The van der Waals surface area contributed by atoms with E-state index in [1.165, 1.54) is 6.08 Å². The summed E-state index contributed by atoms with van der Waals surface area (Å²) in [6, 6.07) is 7.56. The summed E-state index contributed by atoms with van der Waals surface area (Å²) in [5, 5.41) is 8.63. The third-order valence-electron chi connectivity index (χ3n) is 1.93. The number of benzene rings is 1. The van der Waals surface area contributed by atoms with Crippen molar-refractivity contribution in [3.63, 3.8) is 0 Å². The van der Waals surface area contributed by atoms with Crippen molar-refractivity contribution < 1.29 is 9.90 Å². The van der Waals surface area contributed by atoms with Gasteiger partial charge in [-0.3, -0.25) is 0 Å². The predicted octanol–water partition coefficient (Wildman–Crippen LogP) is 2.11. The minimum atomic E-state index is -1.02. The molecule has 1 rings (SSSR count). The van der Waals surface area contributed by atoms with Crippen LogP contribution in [0, 0.1) is 0 Å². The van der Waals surface area contributed by atoms with Gasteiger partial charge in [-0.2, -0.15) is 0 Å². The highest BCUT2D eigenvalue weighted by molar-refractivity contribution is 7.85. The molecule has 0 spiro atoms. The number of anilines is 1. The lowest BCUT2D eigenvalue weighted by Crippen LogP contribution is -2.07. The average Bonchev–Trinajstić information content (AvgIpc) is 2.18. The second kappa shape index (κ2) is 4.89. The largest absolute Gasteiger partial charge is 0.477 e. The van der Waals surface area contributed by atoms with Crippen LogP contribution in [-0.4, -0.2) is 25.2 Å². The number of nitrogens with zero attached hydrogens (tertiary/aromatic N) is 1. The van der Waals surface area contributed by atoms with Crippen molar-refractivity contribution in [2.75, 3.05) is 19.0 Å². The minimum Gasteiger partial charge on any atom is -0.477 e. The normalized spacial score (nSPS) is 11.3. The molecule has 3 nitrogen and oxygen atoms in total. The van der Waals surface area contributed by atoms with Gasteiger partial charge in [-0.1, -0.05) is 12.1 Å². The van der Waals surface area contributed by atoms with E-state index in [1.807, 2.05) is 43.3 Å². The van der Waals surface area contributed by atoms with Crippen LogP contribution in [0.15, 0.2) is 29.2 Å². The van der Waals surface area contributed by atoms with Crippen molar-refractivity contribution in [1.29, 1.82) is 0 Å². The number of carbonyl (C=O) groups is 1. The quantitative estimate of drug-likeness (QED) is 0.609. The number of thiol groups is 1. The number of hydrogen-bond donors (Lipinski definition) is 2. The molecule has 15 heavy (non-hydrogen) atoms.